The molecular formula is C15H17NO2S. The van der Waals surface area contributed by atoms with Crippen molar-refractivity contribution in [1.29, 1.82) is 0 Å². The molecule has 100 valence electrons. The molecule has 19 heavy (non-hydrogen) atoms. The maximum Gasteiger partial charge on any atom is 0.159 e. The van der Waals surface area contributed by atoms with Gasteiger partial charge in [-0.15, -0.1) is 11.3 Å². The van der Waals surface area contributed by atoms with Crippen LogP contribution in [0.25, 0.3) is 0 Å². The van der Waals surface area contributed by atoms with Crippen molar-refractivity contribution >= 4 is 17.1 Å². The number of nitrogens with zero attached hydrogens (tertiary/aromatic N) is 1. The molecule has 0 aliphatic rings. The molecular weight excluding hydrogens is 258 g/mol. The van der Waals surface area contributed by atoms with E-state index >= 15 is 0 Å². The Balaban J connectivity index is 2.09. The van der Waals surface area contributed by atoms with Crippen molar-refractivity contribution in [2.75, 3.05) is 7.05 Å². The second kappa shape index (κ2) is 5.99. The van der Waals surface area contributed by atoms with Gasteiger partial charge in [-0.25, -0.2) is 0 Å². The number of carbonyl (C=O) groups is 1. The molecule has 1 aromatic carbocycles. The fraction of sp³-hybridized carbons (Fsp3) is 0.267. The zero-order valence-corrected chi connectivity index (χ0v) is 11.9. The summed E-state index contributed by atoms with van der Waals surface area (Å²) < 4.78 is 0. The SMILES string of the molecule is CC(=O)c1ccc(O)c(CN(C)Cc2cccs2)c1. The normalized spacial score (nSPS) is 10.9. The molecule has 0 radical (unpaired) electrons. The molecule has 0 aliphatic carbocycles. The molecule has 0 amide bonds. The van der Waals surface area contributed by atoms with E-state index in [4.69, 9.17) is 0 Å². The van der Waals surface area contributed by atoms with Crippen LogP contribution < -0.4 is 0 Å². The van der Waals surface area contributed by atoms with Crippen molar-refractivity contribution in [3.63, 3.8) is 0 Å². The Kier molecular flexibility index (Phi) is 4.35. The molecule has 3 nitrogen and oxygen atoms in total. The van der Waals surface area contributed by atoms with Gasteiger partial charge in [0.15, 0.2) is 5.78 Å². The van der Waals surface area contributed by atoms with Gasteiger partial charge in [0.25, 0.3) is 0 Å². The molecule has 0 spiro atoms. The lowest BCUT2D eigenvalue weighted by Crippen LogP contribution is -2.16. The first-order chi connectivity index (χ1) is 9.06. The largest absolute Gasteiger partial charge is 0.508 e. The quantitative estimate of drug-likeness (QED) is 0.851. The minimum absolute atomic E-state index is 0.0159. The minimum Gasteiger partial charge on any atom is -0.508 e. The number of phenols is 1. The van der Waals surface area contributed by atoms with Crippen LogP contribution in [0, 0.1) is 0 Å². The monoisotopic (exact) mass is 275 g/mol. The number of aromatic hydroxyl groups is 1. The van der Waals surface area contributed by atoms with Gasteiger partial charge in [0.1, 0.15) is 5.75 Å². The lowest BCUT2D eigenvalue weighted by molar-refractivity contribution is 0.101. The molecule has 1 heterocycles. The number of phenolic OH excluding ortho intramolecular Hbond substituents is 1. The fourth-order valence-corrected chi connectivity index (χ4v) is 2.73. The second-order valence-corrected chi connectivity index (χ2v) is 5.68. The molecule has 0 atom stereocenters. The lowest BCUT2D eigenvalue weighted by Gasteiger charge is -2.17. The summed E-state index contributed by atoms with van der Waals surface area (Å²) >= 11 is 1.72. The highest BCUT2D eigenvalue weighted by Crippen LogP contribution is 2.21. The second-order valence-electron chi connectivity index (χ2n) is 4.65. The van der Waals surface area contributed by atoms with E-state index in [1.165, 1.54) is 11.8 Å². The van der Waals surface area contributed by atoms with Crippen molar-refractivity contribution in [2.45, 2.75) is 20.0 Å². The van der Waals surface area contributed by atoms with Gasteiger partial charge in [-0.05, 0) is 43.6 Å². The molecule has 2 aromatic rings. The van der Waals surface area contributed by atoms with Crippen molar-refractivity contribution < 1.29 is 9.90 Å². The van der Waals surface area contributed by atoms with Crippen LogP contribution in [0.2, 0.25) is 0 Å². The van der Waals surface area contributed by atoms with E-state index in [0.717, 1.165) is 12.1 Å². The van der Waals surface area contributed by atoms with Gasteiger partial charge in [0, 0.05) is 29.1 Å². The summed E-state index contributed by atoms with van der Waals surface area (Å²) in [6.07, 6.45) is 0. The highest BCUT2D eigenvalue weighted by atomic mass is 32.1. The number of hydrogen-bond acceptors (Lipinski definition) is 4. The molecule has 0 unspecified atom stereocenters. The third-order valence-electron chi connectivity index (χ3n) is 2.93. The van der Waals surface area contributed by atoms with Crippen molar-refractivity contribution in [3.8, 4) is 5.75 Å². The van der Waals surface area contributed by atoms with E-state index < -0.39 is 0 Å². The van der Waals surface area contributed by atoms with E-state index in [1.807, 2.05) is 13.1 Å². The number of thiophene rings is 1. The van der Waals surface area contributed by atoms with Crippen LogP contribution >= 0.6 is 11.3 Å². The molecule has 0 fully saturated rings. The Hall–Kier alpha value is -1.65. The fourth-order valence-electron chi connectivity index (χ4n) is 1.95. The molecule has 1 N–H and O–H groups in total. The standard InChI is InChI=1S/C15H17NO2S/c1-11(17)12-5-6-15(18)13(8-12)9-16(2)10-14-4-3-7-19-14/h3-8,18H,9-10H2,1-2H3. The number of benzene rings is 1. The van der Waals surface area contributed by atoms with Gasteiger partial charge in [0.05, 0.1) is 0 Å². The van der Waals surface area contributed by atoms with E-state index in [2.05, 4.69) is 16.3 Å². The summed E-state index contributed by atoms with van der Waals surface area (Å²) in [5.74, 6) is 0.255. The number of carbonyl (C=O) groups excluding carboxylic acids is 1. The van der Waals surface area contributed by atoms with Gasteiger partial charge in [-0.3, -0.25) is 9.69 Å². The Morgan fingerprint density at radius 1 is 1.32 bits per heavy atom. The van der Waals surface area contributed by atoms with Crippen LogP contribution in [0.4, 0.5) is 0 Å². The van der Waals surface area contributed by atoms with Crippen molar-refractivity contribution in [1.82, 2.24) is 4.90 Å². The zero-order chi connectivity index (χ0) is 13.8. The first-order valence-electron chi connectivity index (χ1n) is 6.10. The average Bonchev–Trinajstić information content (AvgIpc) is 2.84. The summed E-state index contributed by atoms with van der Waals surface area (Å²) in [4.78, 5) is 14.8. The van der Waals surface area contributed by atoms with Crippen LogP contribution in [-0.4, -0.2) is 22.8 Å². The summed E-state index contributed by atoms with van der Waals surface area (Å²) in [6, 6.07) is 9.13. The van der Waals surface area contributed by atoms with Crippen LogP contribution in [0.15, 0.2) is 35.7 Å². The molecule has 1 aromatic heterocycles. The summed E-state index contributed by atoms with van der Waals surface area (Å²) in [6.45, 7) is 2.98. The highest BCUT2D eigenvalue weighted by molar-refractivity contribution is 7.09. The van der Waals surface area contributed by atoms with Gasteiger partial charge in [-0.2, -0.15) is 0 Å². The van der Waals surface area contributed by atoms with Crippen molar-refractivity contribution in [3.05, 3.63) is 51.7 Å². The molecule has 2 rings (SSSR count). The van der Waals surface area contributed by atoms with Gasteiger partial charge in [-0.1, -0.05) is 6.07 Å². The zero-order valence-electron chi connectivity index (χ0n) is 11.1. The van der Waals surface area contributed by atoms with Crippen LogP contribution in [-0.2, 0) is 13.1 Å². The topological polar surface area (TPSA) is 40.5 Å². The van der Waals surface area contributed by atoms with Crippen LogP contribution in [0.1, 0.15) is 27.7 Å². The maximum absolute atomic E-state index is 11.4. The first-order valence-corrected chi connectivity index (χ1v) is 6.98. The lowest BCUT2D eigenvalue weighted by atomic mass is 10.1. The third kappa shape index (κ3) is 3.66. The number of rotatable bonds is 5. The minimum atomic E-state index is 0.0159. The van der Waals surface area contributed by atoms with E-state index in [1.54, 1.807) is 29.5 Å². The molecule has 0 aliphatic heterocycles. The van der Waals surface area contributed by atoms with Gasteiger partial charge >= 0.3 is 0 Å². The molecule has 0 bridgehead atoms. The number of Topliss-reactive ketones (excluding diaryl/α,β-unsaturated/α-hetero) is 1. The van der Waals surface area contributed by atoms with Crippen LogP contribution in [0.5, 0.6) is 5.75 Å². The highest BCUT2D eigenvalue weighted by Gasteiger charge is 2.09. The third-order valence-corrected chi connectivity index (χ3v) is 3.79. The summed E-state index contributed by atoms with van der Waals surface area (Å²) in [7, 11) is 2.00. The van der Waals surface area contributed by atoms with Gasteiger partial charge in [0.2, 0.25) is 0 Å². The van der Waals surface area contributed by atoms with Gasteiger partial charge < -0.3 is 5.11 Å². The van der Waals surface area contributed by atoms with E-state index in [-0.39, 0.29) is 11.5 Å². The predicted molar refractivity (Wildman–Crippen MR) is 77.6 cm³/mol. The number of hydrogen-bond donors (Lipinski definition) is 1. The summed E-state index contributed by atoms with van der Waals surface area (Å²) in [5.41, 5.74) is 1.42. The molecule has 0 saturated carbocycles. The predicted octanol–water partition coefficient (Wildman–Crippen LogP) is 3.29. The van der Waals surface area contributed by atoms with Crippen LogP contribution in [0.3, 0.4) is 0 Å². The van der Waals surface area contributed by atoms with E-state index in [0.29, 0.717) is 12.1 Å². The molecule has 4 heteroatoms. The summed E-state index contributed by atoms with van der Waals surface area (Å²) in [5, 5.41) is 11.9. The smallest absolute Gasteiger partial charge is 0.159 e. The maximum atomic E-state index is 11.4. The number of ketones is 1. The first kappa shape index (κ1) is 13.8. The Labute approximate surface area is 117 Å². The van der Waals surface area contributed by atoms with E-state index in [9.17, 15) is 9.90 Å². The molecule has 0 saturated heterocycles. The Morgan fingerprint density at radius 2 is 2.11 bits per heavy atom. The van der Waals surface area contributed by atoms with Crippen molar-refractivity contribution in [2.24, 2.45) is 0 Å². The Morgan fingerprint density at radius 3 is 2.74 bits per heavy atom. The Bertz CT molecular complexity index is 564. The average molecular weight is 275 g/mol.